The normalized spacial score (nSPS) is 27.0. The van der Waals surface area contributed by atoms with Crippen LogP contribution in [0.25, 0.3) is 11.1 Å². The molecular formula is C31H32FN3O4. The zero-order chi connectivity index (χ0) is 27.6. The highest BCUT2D eigenvalue weighted by atomic mass is 19.1. The van der Waals surface area contributed by atoms with E-state index in [1.54, 1.807) is 43.9 Å². The lowest BCUT2D eigenvalue weighted by molar-refractivity contribution is -0.128. The maximum absolute atomic E-state index is 15.2. The van der Waals surface area contributed by atoms with Crippen molar-refractivity contribution in [3.63, 3.8) is 0 Å². The van der Waals surface area contributed by atoms with Gasteiger partial charge in [0.05, 0.1) is 6.07 Å². The predicted molar refractivity (Wildman–Crippen MR) is 141 cm³/mol. The molecule has 0 aromatic heterocycles. The zero-order valence-corrected chi connectivity index (χ0v) is 22.4. The van der Waals surface area contributed by atoms with Crippen LogP contribution in [0.2, 0.25) is 0 Å². The lowest BCUT2D eigenvalue weighted by atomic mass is 9.95. The van der Waals surface area contributed by atoms with Gasteiger partial charge in [0, 0.05) is 24.4 Å². The van der Waals surface area contributed by atoms with Gasteiger partial charge in [-0.05, 0) is 86.1 Å². The standard InChI is InChI=1S/C31H32FN3O4/c1-31(2,3)39-30(38)35-26-14-24(22-13-23(22)26)28(35)29(37)34-20(15-33)11-19-5-4-17(12-25(19)32)16-6-8-21-18(10-16)7-9-27(21)36/h4-6,8,10,12,20,22-24,26,28H,7,9,11,13-14H2,1-3H3,(H,34,37)/t20-,22+,23-,24+,26-,28-/m0/s1. The number of carbonyl (C=O) groups excluding carboxylic acids is 3. The van der Waals surface area contributed by atoms with Crippen LogP contribution < -0.4 is 5.32 Å². The van der Waals surface area contributed by atoms with Crippen molar-refractivity contribution in [2.24, 2.45) is 17.8 Å². The molecule has 2 saturated carbocycles. The highest BCUT2D eigenvalue weighted by Crippen LogP contribution is 2.63. The first-order valence-corrected chi connectivity index (χ1v) is 13.7. The van der Waals surface area contributed by atoms with Gasteiger partial charge in [-0.3, -0.25) is 14.5 Å². The number of nitrogens with one attached hydrogen (secondary N) is 1. The van der Waals surface area contributed by atoms with Crippen LogP contribution in [0.4, 0.5) is 9.18 Å². The van der Waals surface area contributed by atoms with Crippen molar-refractivity contribution in [3.8, 4) is 17.2 Å². The molecule has 1 aliphatic heterocycles. The number of carbonyl (C=O) groups is 3. The van der Waals surface area contributed by atoms with Crippen LogP contribution in [0.15, 0.2) is 36.4 Å². The number of aryl methyl sites for hydroxylation is 1. The summed E-state index contributed by atoms with van der Waals surface area (Å²) in [5, 5.41) is 12.6. The first kappa shape index (κ1) is 25.5. The van der Waals surface area contributed by atoms with Crippen LogP contribution in [0.3, 0.4) is 0 Å². The quantitative estimate of drug-likeness (QED) is 0.599. The van der Waals surface area contributed by atoms with E-state index in [0.29, 0.717) is 35.8 Å². The Bertz CT molecular complexity index is 1420. The van der Waals surface area contributed by atoms with Gasteiger partial charge in [-0.15, -0.1) is 0 Å². The van der Waals surface area contributed by atoms with Crippen molar-refractivity contribution in [3.05, 3.63) is 58.9 Å². The van der Waals surface area contributed by atoms with Gasteiger partial charge in [-0.2, -0.15) is 5.26 Å². The number of benzene rings is 2. The summed E-state index contributed by atoms with van der Waals surface area (Å²) in [6, 6.07) is 10.9. The number of fused-ring (bicyclic) bond motifs is 6. The van der Waals surface area contributed by atoms with E-state index >= 15 is 4.39 Å². The van der Waals surface area contributed by atoms with Crippen molar-refractivity contribution >= 4 is 17.8 Å². The third kappa shape index (κ3) is 4.58. The number of nitrogens with zero attached hydrogens (tertiary/aromatic N) is 2. The summed E-state index contributed by atoms with van der Waals surface area (Å²) in [7, 11) is 0. The Morgan fingerprint density at radius 2 is 1.85 bits per heavy atom. The number of rotatable bonds is 5. The molecule has 39 heavy (non-hydrogen) atoms. The third-order valence-corrected chi connectivity index (χ3v) is 8.69. The summed E-state index contributed by atoms with van der Waals surface area (Å²) >= 11 is 0. The Kier molecular flexibility index (Phi) is 6.01. The minimum atomic E-state index is -0.946. The van der Waals surface area contributed by atoms with Crippen molar-refractivity contribution in [2.75, 3.05) is 0 Å². The smallest absolute Gasteiger partial charge is 0.411 e. The van der Waals surface area contributed by atoms with Crippen LogP contribution in [-0.4, -0.2) is 46.4 Å². The second kappa shape index (κ2) is 9.18. The number of piperidine rings is 1. The molecule has 1 saturated heterocycles. The average molecular weight is 530 g/mol. The van der Waals surface area contributed by atoms with Crippen LogP contribution in [0, 0.1) is 34.9 Å². The van der Waals surface area contributed by atoms with E-state index in [9.17, 15) is 19.6 Å². The van der Waals surface area contributed by atoms with Crippen molar-refractivity contribution in [2.45, 2.75) is 76.6 Å². The van der Waals surface area contributed by atoms with E-state index in [1.807, 2.05) is 12.1 Å². The fraction of sp³-hybridized carbons (Fsp3) is 0.484. The Hall–Kier alpha value is -3.73. The molecule has 8 heteroatoms. The highest BCUT2D eigenvalue weighted by Gasteiger charge is 2.67. The molecule has 6 rings (SSSR count). The molecular weight excluding hydrogens is 497 g/mol. The van der Waals surface area contributed by atoms with E-state index in [2.05, 4.69) is 11.4 Å². The Balaban J connectivity index is 1.16. The summed E-state index contributed by atoms with van der Waals surface area (Å²) in [6.45, 7) is 5.39. The lowest BCUT2D eigenvalue weighted by Crippen LogP contribution is -2.56. The van der Waals surface area contributed by atoms with Crippen molar-refractivity contribution in [1.82, 2.24) is 10.2 Å². The fourth-order valence-electron chi connectivity index (χ4n) is 6.91. The van der Waals surface area contributed by atoms with Gasteiger partial charge in [0.1, 0.15) is 23.5 Å². The Labute approximate surface area is 227 Å². The maximum atomic E-state index is 15.2. The zero-order valence-electron chi connectivity index (χ0n) is 22.4. The molecule has 7 nitrogen and oxygen atoms in total. The van der Waals surface area contributed by atoms with E-state index in [-0.39, 0.29) is 30.1 Å². The van der Waals surface area contributed by atoms with Crippen LogP contribution >= 0.6 is 0 Å². The van der Waals surface area contributed by atoms with Gasteiger partial charge >= 0.3 is 6.09 Å². The molecule has 3 aliphatic carbocycles. The van der Waals surface area contributed by atoms with E-state index in [4.69, 9.17) is 4.74 Å². The van der Waals surface area contributed by atoms with Crippen LogP contribution in [-0.2, 0) is 22.4 Å². The summed E-state index contributed by atoms with van der Waals surface area (Å²) < 4.78 is 20.8. The Morgan fingerprint density at radius 1 is 1.10 bits per heavy atom. The number of ketones is 1. The van der Waals surface area contributed by atoms with Gasteiger partial charge in [0.15, 0.2) is 5.78 Å². The number of hydrogen-bond acceptors (Lipinski definition) is 5. The molecule has 2 aromatic carbocycles. The van der Waals surface area contributed by atoms with Crippen LogP contribution in [0.1, 0.15) is 61.5 Å². The summed E-state index contributed by atoms with van der Waals surface area (Å²) in [5.74, 6) is 0.221. The molecule has 0 radical (unpaired) electrons. The van der Waals surface area contributed by atoms with Gasteiger partial charge in [0.25, 0.3) is 0 Å². The summed E-state index contributed by atoms with van der Waals surface area (Å²) in [6.07, 6.45) is 2.50. The number of halogens is 1. The summed E-state index contributed by atoms with van der Waals surface area (Å²) in [4.78, 5) is 40.0. The number of ether oxygens (including phenoxy) is 1. The van der Waals surface area contributed by atoms with Crippen LogP contribution in [0.5, 0.6) is 0 Å². The molecule has 2 bridgehead atoms. The first-order chi connectivity index (χ1) is 18.5. The van der Waals surface area contributed by atoms with Crippen molar-refractivity contribution < 1.29 is 23.5 Å². The van der Waals surface area contributed by atoms with Gasteiger partial charge in [-0.25, -0.2) is 9.18 Å². The monoisotopic (exact) mass is 529 g/mol. The molecule has 2 aromatic rings. The molecule has 3 fully saturated rings. The largest absolute Gasteiger partial charge is 0.444 e. The molecule has 1 heterocycles. The van der Waals surface area contributed by atoms with Gasteiger partial charge in [0.2, 0.25) is 5.91 Å². The molecule has 0 unspecified atom stereocenters. The highest BCUT2D eigenvalue weighted by molar-refractivity contribution is 6.01. The molecule has 1 N–H and O–H groups in total. The molecule has 202 valence electrons. The van der Waals surface area contributed by atoms with Crippen molar-refractivity contribution in [1.29, 1.82) is 5.26 Å². The van der Waals surface area contributed by atoms with Gasteiger partial charge in [-0.1, -0.05) is 30.3 Å². The molecule has 0 spiro atoms. The third-order valence-electron chi connectivity index (χ3n) is 8.69. The van der Waals surface area contributed by atoms with E-state index in [1.165, 1.54) is 6.07 Å². The fourth-order valence-corrected chi connectivity index (χ4v) is 6.91. The minimum absolute atomic E-state index is 0.00605. The predicted octanol–water partition coefficient (Wildman–Crippen LogP) is 4.82. The molecule has 4 aliphatic rings. The van der Waals surface area contributed by atoms with Gasteiger partial charge < -0.3 is 10.1 Å². The number of Topliss-reactive ketones (excluding diaryl/α,β-unsaturated/α-hetero) is 1. The van der Waals surface area contributed by atoms with E-state index in [0.717, 1.165) is 29.5 Å². The SMILES string of the molecule is CC(C)(C)OC(=O)N1[C@H](C(=O)N[C@H](C#N)Cc2ccc(-c3ccc4c(c3)CCC4=O)cc2F)[C@@H]2C[C@H]1[C@H]1C[C@@H]21. The number of hydrogen-bond donors (Lipinski definition) is 1. The minimum Gasteiger partial charge on any atom is -0.444 e. The Morgan fingerprint density at radius 3 is 2.56 bits per heavy atom. The first-order valence-electron chi connectivity index (χ1n) is 13.7. The second-order valence-corrected chi connectivity index (χ2v) is 12.4. The number of nitriles is 1. The summed E-state index contributed by atoms with van der Waals surface area (Å²) in [5.41, 5.74) is 2.87. The maximum Gasteiger partial charge on any atom is 0.411 e. The lowest BCUT2D eigenvalue weighted by Gasteiger charge is -2.35. The van der Waals surface area contributed by atoms with E-state index < -0.39 is 29.6 Å². The number of likely N-dealkylation sites (tertiary alicyclic amines) is 1. The second-order valence-electron chi connectivity index (χ2n) is 12.4. The molecule has 6 atom stereocenters. The number of amides is 2. The molecule has 2 amide bonds. The topological polar surface area (TPSA) is 99.5 Å². The average Bonchev–Trinajstić information content (AvgIpc) is 3.31.